The Hall–Kier alpha value is -11.4. The van der Waals surface area contributed by atoms with Gasteiger partial charge in [-0.2, -0.15) is 13.2 Å². The second-order valence-corrected chi connectivity index (χ2v) is 25.4. The zero-order valence-corrected chi connectivity index (χ0v) is 56.9. The molecule has 25 heteroatoms. The average molecular weight is 1470 g/mol. The van der Waals surface area contributed by atoms with Gasteiger partial charge >= 0.3 is 6.18 Å². The van der Waals surface area contributed by atoms with E-state index < -0.39 is 35.3 Å². The third kappa shape index (κ3) is 12.7. The molecule has 0 aliphatic carbocycles. The molecule has 8 heterocycles. The number of aromatic nitrogens is 4. The van der Waals surface area contributed by atoms with E-state index in [9.17, 15) is 57.2 Å². The topological polar surface area (TPSA) is 262 Å². The highest BCUT2D eigenvalue weighted by Crippen LogP contribution is 2.49. The Morgan fingerprint density at radius 1 is 0.363 bits per heavy atom. The van der Waals surface area contributed by atoms with Crippen LogP contribution < -0.4 is 0 Å². The molecule has 508 valence electrons. The Balaban J connectivity index is 0.000000122. The van der Waals surface area contributed by atoms with Crippen molar-refractivity contribution in [3.8, 4) is 68.5 Å². The van der Waals surface area contributed by atoms with Gasteiger partial charge in [0.15, 0.2) is 23.5 Å². The fraction of sp³-hybridized carbons (Fsp3) is 0.0649. The Morgan fingerprint density at radius 3 is 1.14 bits per heavy atom. The Kier molecular flexibility index (Phi) is 18.7. The molecule has 0 fully saturated rings. The molecule has 8 aromatic carbocycles. The van der Waals surface area contributed by atoms with Crippen LogP contribution in [0.4, 0.5) is 17.6 Å². The van der Waals surface area contributed by atoms with Crippen molar-refractivity contribution in [3.63, 3.8) is 0 Å². The third-order valence-corrected chi connectivity index (χ3v) is 19.3. The summed E-state index contributed by atoms with van der Waals surface area (Å²) in [5, 5.41) is 41.4. The highest BCUT2D eigenvalue weighted by Gasteiger charge is 2.40. The number of carbonyl (C=O) groups excluding carboxylic acids is 4. The number of halogens is 9. The lowest BCUT2D eigenvalue weighted by molar-refractivity contribution is -0.137. The molecule has 12 aromatic rings. The summed E-state index contributed by atoms with van der Waals surface area (Å²) in [6.07, 6.45) is -3.82. The highest BCUT2D eigenvalue weighted by atomic mass is 35.5. The van der Waals surface area contributed by atoms with E-state index in [1.807, 2.05) is 154 Å². The molecular weight excluding hydrogens is 1420 g/mol. The third-order valence-electron chi connectivity index (χ3n) is 17.0. The van der Waals surface area contributed by atoms with Crippen molar-refractivity contribution < 1.29 is 57.2 Å². The average Bonchev–Trinajstić information content (AvgIpc) is 1.60. The van der Waals surface area contributed by atoms with Crippen LogP contribution in [0.3, 0.4) is 0 Å². The predicted molar refractivity (Wildman–Crippen MR) is 386 cm³/mol. The van der Waals surface area contributed by atoms with Gasteiger partial charge in [0, 0.05) is 22.3 Å². The molecule has 102 heavy (non-hydrogen) atoms. The number of aromatic hydroxyl groups is 4. The lowest BCUT2D eigenvalue weighted by atomic mass is 9.99. The number of rotatable bonds is 9. The standard InChI is InChI=1S/C20H11Cl5N2O2.C19H10F4N2O2.2C19H14N2O2/c1-2-7-3-5-8(6-4-7)17-9-10(20(29)26-17)18(27-19(9)28)11-12(21)14(23)16(25)15(24)13(11)22;20-12-8-10(19(21,22)23)6-7-11(12)16-14-13(17(26)25-16)15(24-18(14)27)9-4-2-1-3-5-9;1-11-6-5-9-13(10-11)17-15-14(18(22)21-17)16(20-19(15)23)12-7-3-2-4-8-12;1-11-7-9-13(10-8-11)17-15-14(18(22)21-17)16(20-19(15)23)12-5-3-2-4-6-12/h3-6,26,29H,2H2,1H3;1-8,24,27H;2-10,21-22H,1H3;2-10,20,23H,1H3. The molecule has 8 N–H and O–H groups in total. The number of nitrogens with zero attached hydrogens (tertiary/aromatic N) is 4. The quantitative estimate of drug-likeness (QED) is 0.0390. The number of carbonyl (C=O) groups is 4. The van der Waals surface area contributed by atoms with E-state index >= 15 is 0 Å². The van der Waals surface area contributed by atoms with Gasteiger partial charge in [0.1, 0.15) is 5.82 Å². The number of hydrogen-bond donors (Lipinski definition) is 8. The van der Waals surface area contributed by atoms with E-state index in [4.69, 9.17) is 58.0 Å². The van der Waals surface area contributed by atoms with Gasteiger partial charge in [-0.15, -0.1) is 0 Å². The van der Waals surface area contributed by atoms with Crippen LogP contribution in [-0.4, -0.2) is 86.8 Å². The second kappa shape index (κ2) is 27.6. The van der Waals surface area contributed by atoms with E-state index in [1.54, 1.807) is 30.3 Å². The monoisotopic (exact) mass is 1460 g/mol. The van der Waals surface area contributed by atoms with E-state index in [0.29, 0.717) is 74.1 Å². The van der Waals surface area contributed by atoms with E-state index in [0.717, 1.165) is 57.0 Å². The minimum atomic E-state index is -4.70. The summed E-state index contributed by atoms with van der Waals surface area (Å²) < 4.78 is 52.5. The highest BCUT2D eigenvalue weighted by molar-refractivity contribution is 6.57. The van der Waals surface area contributed by atoms with Crippen LogP contribution in [0.1, 0.15) is 115 Å². The van der Waals surface area contributed by atoms with Crippen molar-refractivity contribution >= 4 is 104 Å². The molecule has 0 unspecified atom stereocenters. The zero-order chi connectivity index (χ0) is 72.3. The summed E-state index contributed by atoms with van der Waals surface area (Å²) in [6, 6.07) is 52.6. The first-order chi connectivity index (χ1) is 48.8. The van der Waals surface area contributed by atoms with E-state index in [2.05, 4.69) is 39.9 Å². The van der Waals surface area contributed by atoms with Gasteiger partial charge in [-0.25, -0.2) is 24.4 Å². The number of H-pyrrole nitrogens is 4. The summed E-state index contributed by atoms with van der Waals surface area (Å²) >= 11 is 31.0. The van der Waals surface area contributed by atoms with E-state index in [-0.39, 0.29) is 99.4 Å². The van der Waals surface area contributed by atoms with Crippen molar-refractivity contribution in [3.05, 3.63) is 302 Å². The smallest absolute Gasteiger partial charge is 0.416 e. The van der Waals surface area contributed by atoms with Crippen LogP contribution in [0.15, 0.2) is 202 Å². The maximum absolute atomic E-state index is 14.3. The van der Waals surface area contributed by atoms with Gasteiger partial charge in [0.25, 0.3) is 23.6 Å². The van der Waals surface area contributed by atoms with Gasteiger partial charge in [0.05, 0.1) is 121 Å². The van der Waals surface area contributed by atoms with Crippen LogP contribution in [0, 0.1) is 19.7 Å². The molecule has 0 saturated carbocycles. The number of amides is 4. The van der Waals surface area contributed by atoms with Gasteiger partial charge in [-0.05, 0) is 72.4 Å². The first-order valence-electron chi connectivity index (χ1n) is 30.9. The SMILES string of the molecule is CCc1ccc(-c2[nH]c(O)c3c2C(=O)N=C3c2c(Cl)c(Cl)c(Cl)c(Cl)c2Cl)cc1.Cc1ccc(C2=NC(=O)c3c(-c4ccccc4)[nH]c(O)c32)cc1.Cc1cccc(-c2[nH]c(O)c3c2C(=O)N=C3c2ccccc2)c1.O=C1N=C(c2ccc(C(F)(F)F)cc2F)c2c(O)[nH]c(-c3ccccc3)c21. The minimum Gasteiger partial charge on any atom is -0.494 e. The molecule has 0 spiro atoms. The Morgan fingerprint density at radius 2 is 0.716 bits per heavy atom. The Labute approximate surface area is 601 Å². The summed E-state index contributed by atoms with van der Waals surface area (Å²) in [4.78, 5) is 77.5. The number of aryl methyl sites for hydroxylation is 3. The number of benzene rings is 8. The summed E-state index contributed by atoms with van der Waals surface area (Å²) in [7, 11) is 0. The summed E-state index contributed by atoms with van der Waals surface area (Å²) in [5.74, 6) is -3.80. The summed E-state index contributed by atoms with van der Waals surface area (Å²) in [5.41, 5.74) is 11.8. The fourth-order valence-corrected chi connectivity index (χ4v) is 13.5. The number of fused-ring (bicyclic) bond motifs is 4. The number of aromatic amines is 4. The van der Waals surface area contributed by atoms with Crippen LogP contribution in [0.25, 0.3) is 45.0 Å². The second-order valence-electron chi connectivity index (χ2n) is 23.5. The first kappa shape index (κ1) is 69.1. The zero-order valence-electron chi connectivity index (χ0n) is 53.1. The van der Waals surface area contributed by atoms with Crippen molar-refractivity contribution in [2.75, 3.05) is 0 Å². The van der Waals surface area contributed by atoms with Crippen LogP contribution in [0.2, 0.25) is 25.1 Å². The molecule has 4 aromatic heterocycles. The molecule has 0 atom stereocenters. The molecule has 4 amide bonds. The Bertz CT molecular complexity index is 5560. The predicted octanol–water partition coefficient (Wildman–Crippen LogP) is 19.1. The lowest BCUT2D eigenvalue weighted by Crippen LogP contribution is -2.09. The lowest BCUT2D eigenvalue weighted by Gasteiger charge is -2.12. The number of alkyl halides is 3. The van der Waals surface area contributed by atoms with Crippen LogP contribution >= 0.6 is 58.0 Å². The van der Waals surface area contributed by atoms with Crippen LogP contribution in [0.5, 0.6) is 23.5 Å². The molecule has 0 radical (unpaired) electrons. The number of aliphatic imine (C=N–C) groups is 4. The maximum atomic E-state index is 14.3. The van der Waals surface area contributed by atoms with Crippen molar-refractivity contribution in [2.24, 2.45) is 20.0 Å². The molecule has 16 rings (SSSR count). The molecule has 0 bridgehead atoms. The molecule has 16 nitrogen and oxygen atoms in total. The fourth-order valence-electron chi connectivity index (χ4n) is 12.2. The van der Waals surface area contributed by atoms with Crippen molar-refractivity contribution in [1.29, 1.82) is 0 Å². The maximum Gasteiger partial charge on any atom is 0.416 e. The molecule has 4 aliphatic rings. The molecule has 4 aliphatic heterocycles. The molecule has 0 saturated heterocycles. The van der Waals surface area contributed by atoms with Gasteiger partial charge in [-0.1, -0.05) is 234 Å². The first-order valence-corrected chi connectivity index (χ1v) is 32.8. The minimum absolute atomic E-state index is 0.00720. The normalized spacial score (nSPS) is 13.2. The van der Waals surface area contributed by atoms with Crippen molar-refractivity contribution in [2.45, 2.75) is 33.4 Å². The van der Waals surface area contributed by atoms with Crippen molar-refractivity contribution in [1.82, 2.24) is 19.9 Å². The van der Waals surface area contributed by atoms with Gasteiger partial charge < -0.3 is 40.4 Å². The summed E-state index contributed by atoms with van der Waals surface area (Å²) in [6.45, 7) is 6.03. The van der Waals surface area contributed by atoms with Gasteiger partial charge in [0.2, 0.25) is 0 Å². The van der Waals surface area contributed by atoms with Gasteiger partial charge in [-0.3, -0.25) is 19.2 Å². The largest absolute Gasteiger partial charge is 0.494 e. The number of nitrogens with one attached hydrogen (secondary N) is 4. The van der Waals surface area contributed by atoms with Crippen LogP contribution in [-0.2, 0) is 12.6 Å². The molecular formula is C77H49Cl5F4N8O8. The number of hydrogen-bond acceptors (Lipinski definition) is 8. The van der Waals surface area contributed by atoms with E-state index in [1.165, 1.54) is 0 Å².